The Morgan fingerprint density at radius 3 is 2.04 bits per heavy atom. The van der Waals surface area contributed by atoms with E-state index >= 15 is 0 Å². The Bertz CT molecular complexity index is 950. The molecule has 3 aromatic rings. The summed E-state index contributed by atoms with van der Waals surface area (Å²) >= 11 is 0. The number of aryl methyl sites for hydroxylation is 2. The molecule has 0 aliphatic rings. The highest BCUT2D eigenvalue weighted by Crippen LogP contribution is 2.33. The maximum atomic E-state index is 12.9. The number of halogens is 3. The zero-order chi connectivity index (χ0) is 19.6. The van der Waals surface area contributed by atoms with E-state index in [4.69, 9.17) is 5.73 Å². The highest BCUT2D eigenvalue weighted by atomic mass is 19.4. The van der Waals surface area contributed by atoms with Crippen molar-refractivity contribution in [3.8, 4) is 0 Å². The molecule has 5 nitrogen and oxygen atoms in total. The summed E-state index contributed by atoms with van der Waals surface area (Å²) in [7, 11) is 0. The molecule has 0 saturated heterocycles. The fourth-order valence-electron chi connectivity index (χ4n) is 2.69. The largest absolute Gasteiger partial charge is 0.416 e. The lowest BCUT2D eigenvalue weighted by Crippen LogP contribution is -2.07. The van der Waals surface area contributed by atoms with E-state index in [1.165, 1.54) is 18.5 Å². The van der Waals surface area contributed by atoms with Gasteiger partial charge in [-0.15, -0.1) is 0 Å². The van der Waals surface area contributed by atoms with Crippen LogP contribution in [0, 0.1) is 13.8 Å². The molecular weight excluding hydrogens is 355 g/mol. The molecule has 140 valence electrons. The van der Waals surface area contributed by atoms with Gasteiger partial charge < -0.3 is 16.4 Å². The molecule has 4 N–H and O–H groups in total. The lowest BCUT2D eigenvalue weighted by Gasteiger charge is -2.14. The fourth-order valence-corrected chi connectivity index (χ4v) is 2.69. The molecule has 27 heavy (non-hydrogen) atoms. The van der Waals surface area contributed by atoms with Gasteiger partial charge in [-0.25, -0.2) is 9.97 Å². The minimum absolute atomic E-state index is 0.203. The number of aromatic nitrogens is 2. The number of anilines is 5. The fraction of sp³-hybridized carbons (Fsp3) is 0.158. The lowest BCUT2D eigenvalue weighted by molar-refractivity contribution is -0.137. The van der Waals surface area contributed by atoms with Crippen LogP contribution < -0.4 is 16.4 Å². The van der Waals surface area contributed by atoms with Crippen LogP contribution in [0.2, 0.25) is 0 Å². The third-order valence-electron chi connectivity index (χ3n) is 3.82. The highest BCUT2D eigenvalue weighted by molar-refractivity contribution is 5.80. The quantitative estimate of drug-likeness (QED) is 0.587. The molecule has 1 aromatic heterocycles. The molecule has 0 aliphatic heterocycles. The van der Waals surface area contributed by atoms with E-state index in [9.17, 15) is 13.2 Å². The van der Waals surface area contributed by atoms with Gasteiger partial charge in [0, 0.05) is 11.4 Å². The first-order valence-electron chi connectivity index (χ1n) is 8.12. The number of hydrogen-bond donors (Lipinski definition) is 3. The van der Waals surface area contributed by atoms with Crippen LogP contribution in [0.1, 0.15) is 16.7 Å². The number of rotatable bonds is 4. The second kappa shape index (κ2) is 7.14. The number of benzene rings is 2. The first kappa shape index (κ1) is 18.5. The van der Waals surface area contributed by atoms with Crippen molar-refractivity contribution in [2.45, 2.75) is 20.0 Å². The standard InChI is InChI=1S/C19H18F3N5/c1-11-6-12(2)8-15(7-11)27-18-16(23)17(24-10-25-18)26-14-5-3-4-13(9-14)19(20,21)22/h3-10H,23H2,1-2H3,(H2,24,25,26,27). The van der Waals surface area contributed by atoms with Gasteiger partial charge in [-0.2, -0.15) is 13.2 Å². The Morgan fingerprint density at radius 2 is 1.44 bits per heavy atom. The highest BCUT2D eigenvalue weighted by Gasteiger charge is 2.30. The third-order valence-corrected chi connectivity index (χ3v) is 3.82. The van der Waals surface area contributed by atoms with Crippen LogP contribution in [0.5, 0.6) is 0 Å². The average Bonchev–Trinajstić information content (AvgIpc) is 2.57. The molecule has 2 aromatic carbocycles. The van der Waals surface area contributed by atoms with Crippen LogP contribution in [-0.4, -0.2) is 9.97 Å². The zero-order valence-corrected chi connectivity index (χ0v) is 14.7. The Hall–Kier alpha value is -3.29. The smallest absolute Gasteiger partial charge is 0.393 e. The van der Waals surface area contributed by atoms with E-state index in [1.54, 1.807) is 0 Å². The summed E-state index contributed by atoms with van der Waals surface area (Å²) in [6, 6.07) is 10.7. The monoisotopic (exact) mass is 373 g/mol. The van der Waals surface area contributed by atoms with Gasteiger partial charge in [0.1, 0.15) is 12.0 Å². The van der Waals surface area contributed by atoms with E-state index in [-0.39, 0.29) is 17.2 Å². The summed E-state index contributed by atoms with van der Waals surface area (Å²) in [5.74, 6) is 0.584. The molecular formula is C19H18F3N5. The summed E-state index contributed by atoms with van der Waals surface area (Å²) in [6.07, 6.45) is -3.14. The molecule has 8 heteroatoms. The molecule has 0 saturated carbocycles. The van der Waals surface area contributed by atoms with Crippen LogP contribution in [0.25, 0.3) is 0 Å². The SMILES string of the molecule is Cc1cc(C)cc(Nc2ncnc(Nc3cccc(C(F)(F)F)c3)c2N)c1. The average molecular weight is 373 g/mol. The minimum atomic E-state index is -4.43. The van der Waals surface area contributed by atoms with Crippen LogP contribution in [-0.2, 0) is 6.18 Å². The Labute approximate surface area is 154 Å². The van der Waals surface area contributed by atoms with Crippen LogP contribution >= 0.6 is 0 Å². The van der Waals surface area contributed by atoms with E-state index in [0.29, 0.717) is 5.82 Å². The molecule has 1 heterocycles. The van der Waals surface area contributed by atoms with Gasteiger partial charge in [-0.1, -0.05) is 12.1 Å². The van der Waals surface area contributed by atoms with Gasteiger partial charge >= 0.3 is 6.18 Å². The Balaban J connectivity index is 1.87. The van der Waals surface area contributed by atoms with E-state index in [2.05, 4.69) is 20.6 Å². The van der Waals surface area contributed by atoms with Crippen molar-refractivity contribution >= 4 is 28.7 Å². The number of nitrogen functional groups attached to an aromatic ring is 1. The van der Waals surface area contributed by atoms with Crippen molar-refractivity contribution in [3.63, 3.8) is 0 Å². The van der Waals surface area contributed by atoms with Gasteiger partial charge in [-0.05, 0) is 55.3 Å². The van der Waals surface area contributed by atoms with Crippen molar-refractivity contribution in [2.24, 2.45) is 0 Å². The minimum Gasteiger partial charge on any atom is -0.393 e. The Morgan fingerprint density at radius 1 is 0.852 bits per heavy atom. The Kier molecular flexibility index (Phi) is 4.89. The third kappa shape index (κ3) is 4.46. The molecule has 0 atom stereocenters. The van der Waals surface area contributed by atoms with Crippen LogP contribution in [0.3, 0.4) is 0 Å². The second-order valence-electron chi connectivity index (χ2n) is 6.19. The maximum absolute atomic E-state index is 12.9. The number of hydrogen-bond acceptors (Lipinski definition) is 5. The van der Waals surface area contributed by atoms with Crippen molar-refractivity contribution in [1.29, 1.82) is 0 Å². The number of nitrogens with two attached hydrogens (primary N) is 1. The summed E-state index contributed by atoms with van der Waals surface area (Å²) in [5.41, 5.74) is 8.74. The molecule has 0 fully saturated rings. The van der Waals surface area contributed by atoms with Gasteiger partial charge in [0.25, 0.3) is 0 Å². The van der Waals surface area contributed by atoms with Crippen molar-refractivity contribution in [1.82, 2.24) is 9.97 Å². The zero-order valence-electron chi connectivity index (χ0n) is 14.7. The van der Waals surface area contributed by atoms with Crippen LogP contribution in [0.15, 0.2) is 48.8 Å². The molecule has 0 aliphatic carbocycles. The van der Waals surface area contributed by atoms with Gasteiger partial charge in [0.15, 0.2) is 11.6 Å². The molecule has 3 rings (SSSR count). The summed E-state index contributed by atoms with van der Waals surface area (Å²) < 4.78 is 38.6. The number of nitrogens with zero attached hydrogens (tertiary/aromatic N) is 2. The van der Waals surface area contributed by atoms with Crippen LogP contribution in [0.4, 0.5) is 41.9 Å². The van der Waals surface area contributed by atoms with Gasteiger partial charge in [0.05, 0.1) is 5.56 Å². The topological polar surface area (TPSA) is 75.9 Å². The summed E-state index contributed by atoms with van der Waals surface area (Å²) in [6.45, 7) is 3.95. The van der Waals surface area contributed by atoms with Gasteiger partial charge in [-0.3, -0.25) is 0 Å². The molecule has 0 radical (unpaired) electrons. The molecule has 0 amide bonds. The maximum Gasteiger partial charge on any atom is 0.416 e. The normalized spacial score (nSPS) is 11.3. The van der Waals surface area contributed by atoms with E-state index < -0.39 is 11.7 Å². The predicted octanol–water partition coefficient (Wildman–Crippen LogP) is 5.18. The summed E-state index contributed by atoms with van der Waals surface area (Å²) in [5, 5.41) is 5.94. The predicted molar refractivity (Wildman–Crippen MR) is 100 cm³/mol. The molecule has 0 spiro atoms. The van der Waals surface area contributed by atoms with Crippen molar-refractivity contribution in [2.75, 3.05) is 16.4 Å². The second-order valence-corrected chi connectivity index (χ2v) is 6.19. The van der Waals surface area contributed by atoms with Crippen molar-refractivity contribution < 1.29 is 13.2 Å². The lowest BCUT2D eigenvalue weighted by atomic mass is 10.1. The van der Waals surface area contributed by atoms with Crippen molar-refractivity contribution in [3.05, 3.63) is 65.5 Å². The first-order chi connectivity index (χ1) is 12.7. The van der Waals surface area contributed by atoms with E-state index in [0.717, 1.165) is 28.9 Å². The van der Waals surface area contributed by atoms with E-state index in [1.807, 2.05) is 32.0 Å². The molecule has 0 bridgehead atoms. The number of nitrogens with one attached hydrogen (secondary N) is 2. The summed E-state index contributed by atoms with van der Waals surface area (Å²) in [4.78, 5) is 8.16. The van der Waals surface area contributed by atoms with Gasteiger partial charge in [0.2, 0.25) is 0 Å². The first-order valence-corrected chi connectivity index (χ1v) is 8.12. The number of alkyl halides is 3. The molecule has 0 unspecified atom stereocenters.